The summed E-state index contributed by atoms with van der Waals surface area (Å²) in [6, 6.07) is 7.07. The molecular formula is C26H26ClFN4O3. The van der Waals surface area contributed by atoms with Crippen LogP contribution in [-0.4, -0.2) is 57.5 Å². The van der Waals surface area contributed by atoms with Crippen LogP contribution in [0.25, 0.3) is 33.1 Å². The van der Waals surface area contributed by atoms with Crippen molar-refractivity contribution in [2.24, 2.45) is 0 Å². The third-order valence-electron chi connectivity index (χ3n) is 7.60. The fraction of sp³-hybridized carbons (Fsp3) is 0.385. The number of phenols is 1. The van der Waals surface area contributed by atoms with Gasteiger partial charge in [-0.1, -0.05) is 11.6 Å². The van der Waals surface area contributed by atoms with Crippen molar-refractivity contribution in [2.45, 2.75) is 50.8 Å². The molecule has 2 aliphatic heterocycles. The quantitative estimate of drug-likeness (QED) is 0.383. The largest absolute Gasteiger partial charge is 0.506 e. The Morgan fingerprint density at radius 2 is 1.89 bits per heavy atom. The monoisotopic (exact) mass is 496 g/mol. The molecule has 6 rings (SSSR count). The van der Waals surface area contributed by atoms with Gasteiger partial charge in [0, 0.05) is 40.2 Å². The number of H-pyrrole nitrogens is 1. The van der Waals surface area contributed by atoms with E-state index < -0.39 is 5.82 Å². The molecule has 2 aromatic carbocycles. The summed E-state index contributed by atoms with van der Waals surface area (Å²) in [7, 11) is 3.74. The summed E-state index contributed by atoms with van der Waals surface area (Å²) >= 11 is 6.17. The molecule has 2 saturated heterocycles. The molecule has 1 unspecified atom stereocenters. The van der Waals surface area contributed by atoms with Gasteiger partial charge in [0.15, 0.2) is 17.1 Å². The molecule has 4 heterocycles. The predicted molar refractivity (Wildman–Crippen MR) is 133 cm³/mol. The van der Waals surface area contributed by atoms with Gasteiger partial charge in [-0.05, 0) is 57.9 Å². The Morgan fingerprint density at radius 3 is 2.57 bits per heavy atom. The standard InChI is InChI=1S/C26H26ClFN4O3/c1-12-21-23-22(24(29-26(21)31-30-12)13-4-7-19(33)17(27)8-13)18(28)11-20(25(23)34-3)35-16-9-14-5-6-15(10-16)32(14)2/h4,7-8,11,14-16,33H,5-6,9-10H2,1-3H3,(H,29,30,31)/t14-,15+,16?. The van der Waals surface area contributed by atoms with Gasteiger partial charge < -0.3 is 19.5 Å². The van der Waals surface area contributed by atoms with Crippen molar-refractivity contribution < 1.29 is 19.0 Å². The number of benzene rings is 2. The average molecular weight is 497 g/mol. The molecule has 3 atom stereocenters. The third kappa shape index (κ3) is 3.50. The number of ether oxygens (including phenoxy) is 2. The van der Waals surface area contributed by atoms with Crippen molar-refractivity contribution in [2.75, 3.05) is 14.2 Å². The summed E-state index contributed by atoms with van der Waals surface area (Å²) in [4.78, 5) is 7.10. The van der Waals surface area contributed by atoms with Crippen LogP contribution < -0.4 is 9.47 Å². The van der Waals surface area contributed by atoms with E-state index in [-0.39, 0.29) is 22.3 Å². The Morgan fingerprint density at radius 1 is 1.14 bits per heavy atom. The summed E-state index contributed by atoms with van der Waals surface area (Å²) in [5.41, 5.74) is 2.10. The maximum atomic E-state index is 15.9. The van der Waals surface area contributed by atoms with Gasteiger partial charge in [0.25, 0.3) is 0 Å². The number of hydrogen-bond donors (Lipinski definition) is 2. The molecule has 0 aliphatic carbocycles. The van der Waals surface area contributed by atoms with E-state index in [4.69, 9.17) is 21.1 Å². The van der Waals surface area contributed by atoms with E-state index >= 15 is 4.39 Å². The number of phenolic OH excluding ortho intramolecular Hbond substituents is 1. The molecule has 7 nitrogen and oxygen atoms in total. The van der Waals surface area contributed by atoms with Gasteiger partial charge in [0.2, 0.25) is 0 Å². The van der Waals surface area contributed by atoms with Gasteiger partial charge in [-0.25, -0.2) is 9.37 Å². The number of methoxy groups -OCH3 is 1. The molecule has 2 fully saturated rings. The van der Waals surface area contributed by atoms with Crippen LogP contribution in [0.3, 0.4) is 0 Å². The second-order valence-corrected chi connectivity index (χ2v) is 9.98. The minimum Gasteiger partial charge on any atom is -0.506 e. The molecule has 182 valence electrons. The highest BCUT2D eigenvalue weighted by Crippen LogP contribution is 2.46. The Labute approximate surface area is 206 Å². The summed E-state index contributed by atoms with van der Waals surface area (Å²) in [6.07, 6.45) is 4.15. The molecule has 0 amide bonds. The van der Waals surface area contributed by atoms with E-state index in [2.05, 4.69) is 27.1 Å². The number of nitrogens with zero attached hydrogens (tertiary/aromatic N) is 3. The third-order valence-corrected chi connectivity index (χ3v) is 7.91. The van der Waals surface area contributed by atoms with E-state index in [9.17, 15) is 5.11 Å². The maximum Gasteiger partial charge on any atom is 0.182 e. The van der Waals surface area contributed by atoms with E-state index in [0.717, 1.165) is 18.5 Å². The minimum atomic E-state index is -0.471. The number of aromatic hydroxyl groups is 1. The molecule has 2 bridgehead atoms. The van der Waals surface area contributed by atoms with Gasteiger partial charge >= 0.3 is 0 Å². The number of aromatic amines is 1. The molecule has 9 heteroatoms. The summed E-state index contributed by atoms with van der Waals surface area (Å²) in [6.45, 7) is 1.87. The fourth-order valence-electron chi connectivity index (χ4n) is 5.83. The van der Waals surface area contributed by atoms with Crippen LogP contribution in [0, 0.1) is 12.7 Å². The van der Waals surface area contributed by atoms with Crippen molar-refractivity contribution in [1.29, 1.82) is 0 Å². The number of hydrogen-bond acceptors (Lipinski definition) is 6. The summed E-state index contributed by atoms with van der Waals surface area (Å²) in [5.74, 6) is 0.308. The molecular weight excluding hydrogens is 471 g/mol. The number of aromatic nitrogens is 3. The number of fused-ring (bicyclic) bond motifs is 5. The van der Waals surface area contributed by atoms with Crippen LogP contribution >= 0.6 is 11.6 Å². The molecule has 2 aliphatic rings. The highest BCUT2D eigenvalue weighted by molar-refractivity contribution is 6.32. The molecule has 2 N–H and O–H groups in total. The van der Waals surface area contributed by atoms with E-state index in [1.807, 2.05) is 6.92 Å². The zero-order chi connectivity index (χ0) is 24.4. The minimum absolute atomic E-state index is 0.00685. The van der Waals surface area contributed by atoms with Crippen LogP contribution in [0.4, 0.5) is 4.39 Å². The lowest BCUT2D eigenvalue weighted by atomic mass is 9.98. The van der Waals surface area contributed by atoms with Crippen molar-refractivity contribution in [3.63, 3.8) is 0 Å². The van der Waals surface area contributed by atoms with Gasteiger partial charge in [-0.3, -0.25) is 5.10 Å². The number of aryl methyl sites for hydroxylation is 1. The molecule has 35 heavy (non-hydrogen) atoms. The first-order chi connectivity index (χ1) is 16.9. The molecule has 0 spiro atoms. The summed E-state index contributed by atoms with van der Waals surface area (Å²) in [5, 5.41) is 18.9. The first-order valence-corrected chi connectivity index (χ1v) is 12.2. The lowest BCUT2D eigenvalue weighted by molar-refractivity contribution is 0.0643. The summed E-state index contributed by atoms with van der Waals surface area (Å²) < 4.78 is 28.3. The zero-order valence-electron chi connectivity index (χ0n) is 19.7. The average Bonchev–Trinajstić information content (AvgIpc) is 3.28. The van der Waals surface area contributed by atoms with Crippen LogP contribution in [-0.2, 0) is 0 Å². The second kappa shape index (κ2) is 8.24. The normalized spacial score (nSPS) is 22.3. The van der Waals surface area contributed by atoms with Crippen LogP contribution in [0.1, 0.15) is 31.4 Å². The highest BCUT2D eigenvalue weighted by Gasteiger charge is 2.40. The SMILES string of the molecule is COc1c(OC2C[C@H]3CC[C@@H](C2)N3C)cc(F)c2c(-c3ccc(O)c(Cl)c3)nc3n[nH]c(C)c3c12. The first kappa shape index (κ1) is 22.4. The topological polar surface area (TPSA) is 83.5 Å². The number of rotatable bonds is 4. The maximum absolute atomic E-state index is 15.9. The van der Waals surface area contributed by atoms with Crippen molar-refractivity contribution in [1.82, 2.24) is 20.1 Å². The van der Waals surface area contributed by atoms with Crippen LogP contribution in [0.2, 0.25) is 5.02 Å². The Balaban J connectivity index is 1.56. The lowest BCUT2D eigenvalue weighted by Gasteiger charge is -2.36. The van der Waals surface area contributed by atoms with Gasteiger partial charge in [-0.2, -0.15) is 5.10 Å². The number of halogens is 2. The Bertz CT molecular complexity index is 1460. The van der Waals surface area contributed by atoms with Crippen molar-refractivity contribution >= 4 is 33.4 Å². The Hall–Kier alpha value is -3.10. The predicted octanol–water partition coefficient (Wildman–Crippen LogP) is 5.60. The van der Waals surface area contributed by atoms with E-state index in [1.54, 1.807) is 19.2 Å². The highest BCUT2D eigenvalue weighted by atomic mass is 35.5. The van der Waals surface area contributed by atoms with Crippen molar-refractivity contribution in [3.05, 3.63) is 40.8 Å². The van der Waals surface area contributed by atoms with Crippen molar-refractivity contribution in [3.8, 4) is 28.5 Å². The molecule has 2 aromatic heterocycles. The number of nitrogens with one attached hydrogen (secondary N) is 1. The Kier molecular flexibility index (Phi) is 5.27. The number of pyridine rings is 1. The fourth-order valence-corrected chi connectivity index (χ4v) is 6.01. The molecule has 0 saturated carbocycles. The zero-order valence-corrected chi connectivity index (χ0v) is 20.5. The molecule has 0 radical (unpaired) electrons. The smallest absolute Gasteiger partial charge is 0.182 e. The van der Waals surface area contributed by atoms with E-state index in [0.29, 0.717) is 51.3 Å². The van der Waals surface area contributed by atoms with Gasteiger partial charge in [-0.15, -0.1) is 0 Å². The van der Waals surface area contributed by atoms with E-state index in [1.165, 1.54) is 25.0 Å². The molecule has 4 aromatic rings. The lowest BCUT2D eigenvalue weighted by Crippen LogP contribution is -2.43. The van der Waals surface area contributed by atoms with Gasteiger partial charge in [0.1, 0.15) is 17.7 Å². The first-order valence-electron chi connectivity index (χ1n) is 11.8. The second-order valence-electron chi connectivity index (χ2n) is 9.58. The van der Waals surface area contributed by atoms with Crippen LogP contribution in [0.15, 0.2) is 24.3 Å². The van der Waals surface area contributed by atoms with Gasteiger partial charge in [0.05, 0.1) is 23.2 Å². The van der Waals surface area contributed by atoms with Crippen LogP contribution in [0.5, 0.6) is 17.2 Å². The number of piperidine rings is 1.